The number of carbonyl (C=O) groups excluding carboxylic acids is 2. The molecule has 2 rings (SSSR count). The fraction of sp³-hybridized carbons (Fsp3) is 0. The number of amides is 2. The Morgan fingerprint density at radius 3 is 2.10 bits per heavy atom. The Balaban J connectivity index is 2.05. The molecule has 0 aliphatic heterocycles. The van der Waals surface area contributed by atoms with Crippen LogP contribution in [0.1, 0.15) is 10.4 Å². The quantitative estimate of drug-likeness (QED) is 0.914. The van der Waals surface area contributed by atoms with Crippen molar-refractivity contribution in [2.45, 2.75) is 0 Å². The molecular formula is C14H9Cl2NO3. The van der Waals surface area contributed by atoms with Gasteiger partial charge < -0.3 is 4.74 Å². The van der Waals surface area contributed by atoms with Crippen molar-refractivity contribution in [2.75, 3.05) is 0 Å². The number of benzene rings is 2. The van der Waals surface area contributed by atoms with Crippen molar-refractivity contribution in [3.05, 3.63) is 64.1 Å². The van der Waals surface area contributed by atoms with Crippen LogP contribution in [0.5, 0.6) is 5.75 Å². The van der Waals surface area contributed by atoms with Gasteiger partial charge in [0, 0.05) is 5.56 Å². The van der Waals surface area contributed by atoms with Crippen LogP contribution in [0, 0.1) is 0 Å². The number of ether oxygens (including phenoxy) is 1. The highest BCUT2D eigenvalue weighted by atomic mass is 35.5. The van der Waals surface area contributed by atoms with E-state index in [4.69, 9.17) is 27.9 Å². The van der Waals surface area contributed by atoms with Crippen LogP contribution in [0.15, 0.2) is 48.5 Å². The van der Waals surface area contributed by atoms with Gasteiger partial charge in [0.1, 0.15) is 0 Å². The van der Waals surface area contributed by atoms with E-state index in [2.05, 4.69) is 5.32 Å². The van der Waals surface area contributed by atoms with Crippen molar-refractivity contribution in [3.8, 4) is 5.75 Å². The Morgan fingerprint density at radius 2 is 1.50 bits per heavy atom. The summed E-state index contributed by atoms with van der Waals surface area (Å²) in [6.45, 7) is 0. The van der Waals surface area contributed by atoms with E-state index in [1.807, 2.05) is 0 Å². The number of para-hydroxylation sites is 1. The molecule has 1 N–H and O–H groups in total. The SMILES string of the molecule is O=C(NC(=O)c1ccccc1)Oc1c(Cl)cccc1Cl. The number of hydrogen-bond acceptors (Lipinski definition) is 3. The lowest BCUT2D eigenvalue weighted by Crippen LogP contribution is -2.33. The predicted molar refractivity (Wildman–Crippen MR) is 76.4 cm³/mol. The van der Waals surface area contributed by atoms with E-state index in [-0.39, 0.29) is 15.8 Å². The zero-order chi connectivity index (χ0) is 14.5. The van der Waals surface area contributed by atoms with Crippen LogP contribution in [-0.2, 0) is 0 Å². The average molecular weight is 310 g/mol. The van der Waals surface area contributed by atoms with Crippen LogP contribution in [0.2, 0.25) is 10.0 Å². The summed E-state index contributed by atoms with van der Waals surface area (Å²) in [5, 5.41) is 2.44. The molecule has 0 radical (unpaired) electrons. The molecule has 2 amide bonds. The molecule has 2 aromatic carbocycles. The topological polar surface area (TPSA) is 55.4 Å². The van der Waals surface area contributed by atoms with E-state index < -0.39 is 12.0 Å². The second-order valence-electron chi connectivity index (χ2n) is 3.76. The molecule has 20 heavy (non-hydrogen) atoms. The normalized spacial score (nSPS) is 9.90. The minimum Gasteiger partial charge on any atom is -0.407 e. The second-order valence-corrected chi connectivity index (χ2v) is 4.57. The Kier molecular flexibility index (Phi) is 4.61. The van der Waals surface area contributed by atoms with E-state index in [0.717, 1.165) is 0 Å². The Hall–Kier alpha value is -2.04. The summed E-state index contributed by atoms with van der Waals surface area (Å²) in [7, 11) is 0. The van der Waals surface area contributed by atoms with Crippen molar-refractivity contribution >= 4 is 35.2 Å². The van der Waals surface area contributed by atoms with Gasteiger partial charge in [0.25, 0.3) is 5.91 Å². The molecule has 0 saturated heterocycles. The molecule has 0 bridgehead atoms. The van der Waals surface area contributed by atoms with Crippen molar-refractivity contribution in [2.24, 2.45) is 0 Å². The number of imide groups is 1. The molecular weight excluding hydrogens is 301 g/mol. The minimum atomic E-state index is -0.950. The maximum atomic E-state index is 11.7. The largest absolute Gasteiger partial charge is 0.419 e. The third-order valence-electron chi connectivity index (χ3n) is 2.37. The fourth-order valence-electron chi connectivity index (χ4n) is 1.45. The van der Waals surface area contributed by atoms with Crippen LogP contribution in [0.3, 0.4) is 0 Å². The molecule has 0 spiro atoms. The first-order valence-electron chi connectivity index (χ1n) is 5.60. The maximum Gasteiger partial charge on any atom is 0.419 e. The molecule has 0 aliphatic carbocycles. The van der Waals surface area contributed by atoms with Crippen LogP contribution in [0.4, 0.5) is 4.79 Å². The molecule has 0 heterocycles. The molecule has 0 saturated carbocycles. The molecule has 0 unspecified atom stereocenters. The molecule has 102 valence electrons. The molecule has 0 aromatic heterocycles. The molecule has 0 atom stereocenters. The van der Waals surface area contributed by atoms with Gasteiger partial charge in [0.2, 0.25) is 0 Å². The molecule has 0 fully saturated rings. The summed E-state index contributed by atoms with van der Waals surface area (Å²) in [5.74, 6) is -0.562. The second kappa shape index (κ2) is 6.41. The van der Waals surface area contributed by atoms with E-state index in [1.54, 1.807) is 36.4 Å². The number of carbonyl (C=O) groups is 2. The van der Waals surface area contributed by atoms with Gasteiger partial charge in [-0.2, -0.15) is 0 Å². The molecule has 0 aliphatic rings. The highest BCUT2D eigenvalue weighted by molar-refractivity contribution is 6.37. The van der Waals surface area contributed by atoms with Gasteiger partial charge in [0.05, 0.1) is 10.0 Å². The summed E-state index contributed by atoms with van der Waals surface area (Å²) in [5.41, 5.74) is 0.342. The number of halogens is 2. The van der Waals surface area contributed by atoms with Gasteiger partial charge >= 0.3 is 6.09 Å². The van der Waals surface area contributed by atoms with Gasteiger partial charge in [-0.15, -0.1) is 0 Å². The van der Waals surface area contributed by atoms with Gasteiger partial charge in [-0.05, 0) is 24.3 Å². The zero-order valence-corrected chi connectivity index (χ0v) is 11.6. The van der Waals surface area contributed by atoms with Gasteiger partial charge in [0.15, 0.2) is 5.75 Å². The lowest BCUT2D eigenvalue weighted by molar-refractivity contribution is 0.0951. The third kappa shape index (κ3) is 3.50. The van der Waals surface area contributed by atoms with E-state index in [9.17, 15) is 9.59 Å². The van der Waals surface area contributed by atoms with Crippen molar-refractivity contribution in [1.29, 1.82) is 0 Å². The molecule has 4 nitrogen and oxygen atoms in total. The van der Waals surface area contributed by atoms with Crippen LogP contribution in [-0.4, -0.2) is 12.0 Å². The summed E-state index contributed by atoms with van der Waals surface area (Å²) in [4.78, 5) is 23.4. The molecule has 2 aromatic rings. The van der Waals surface area contributed by atoms with Crippen LogP contribution >= 0.6 is 23.2 Å². The number of hydrogen-bond donors (Lipinski definition) is 1. The monoisotopic (exact) mass is 309 g/mol. The molecule has 6 heteroatoms. The van der Waals surface area contributed by atoms with E-state index in [0.29, 0.717) is 5.56 Å². The zero-order valence-electron chi connectivity index (χ0n) is 10.1. The number of rotatable bonds is 2. The van der Waals surface area contributed by atoms with E-state index in [1.165, 1.54) is 12.1 Å². The van der Waals surface area contributed by atoms with Crippen molar-refractivity contribution in [1.82, 2.24) is 5.32 Å². The highest BCUT2D eigenvalue weighted by Crippen LogP contribution is 2.32. The standard InChI is InChI=1S/C14H9Cl2NO3/c15-10-7-4-8-11(16)12(10)20-14(19)17-13(18)9-5-2-1-3-6-9/h1-8H,(H,17,18,19). The third-order valence-corrected chi connectivity index (χ3v) is 2.96. The van der Waals surface area contributed by atoms with Crippen molar-refractivity contribution < 1.29 is 14.3 Å². The fourth-order valence-corrected chi connectivity index (χ4v) is 1.93. The van der Waals surface area contributed by atoms with Crippen LogP contribution in [0.25, 0.3) is 0 Å². The lowest BCUT2D eigenvalue weighted by Gasteiger charge is -2.08. The Morgan fingerprint density at radius 1 is 0.900 bits per heavy atom. The minimum absolute atomic E-state index is 0.00851. The first-order valence-corrected chi connectivity index (χ1v) is 6.36. The summed E-state index contributed by atoms with van der Waals surface area (Å²) < 4.78 is 4.93. The van der Waals surface area contributed by atoms with Gasteiger partial charge in [-0.1, -0.05) is 47.5 Å². The van der Waals surface area contributed by atoms with E-state index >= 15 is 0 Å². The lowest BCUT2D eigenvalue weighted by atomic mass is 10.2. The van der Waals surface area contributed by atoms with Gasteiger partial charge in [-0.3, -0.25) is 10.1 Å². The first kappa shape index (κ1) is 14.4. The summed E-state index contributed by atoms with van der Waals surface area (Å²) >= 11 is 11.7. The Labute approximate surface area is 125 Å². The van der Waals surface area contributed by atoms with Gasteiger partial charge in [-0.25, -0.2) is 4.79 Å². The first-order chi connectivity index (χ1) is 9.58. The predicted octanol–water partition coefficient (Wildman–Crippen LogP) is 3.92. The van der Waals surface area contributed by atoms with Crippen molar-refractivity contribution in [3.63, 3.8) is 0 Å². The number of nitrogens with one attached hydrogen (secondary N) is 1. The highest BCUT2D eigenvalue weighted by Gasteiger charge is 2.15. The average Bonchev–Trinajstić information content (AvgIpc) is 2.44. The Bertz CT molecular complexity index is 624. The maximum absolute atomic E-state index is 11.7. The summed E-state index contributed by atoms with van der Waals surface area (Å²) in [6.07, 6.45) is -0.950. The summed E-state index contributed by atoms with van der Waals surface area (Å²) in [6, 6.07) is 12.9. The van der Waals surface area contributed by atoms with Crippen LogP contribution < -0.4 is 10.1 Å². The smallest absolute Gasteiger partial charge is 0.407 e.